The van der Waals surface area contributed by atoms with Crippen LogP contribution in [0.15, 0.2) is 60.7 Å². The number of carbonyl (C=O) groups is 1. The minimum atomic E-state index is -0.189. The van der Waals surface area contributed by atoms with Gasteiger partial charge < -0.3 is 15.5 Å². The Labute approximate surface area is 181 Å². The number of urea groups is 1. The van der Waals surface area contributed by atoms with Crippen molar-refractivity contribution >= 4 is 34.8 Å². The molecule has 7 heteroatoms. The molecule has 0 bridgehead atoms. The Balaban J connectivity index is 1.42. The van der Waals surface area contributed by atoms with Crippen molar-refractivity contribution in [1.29, 1.82) is 0 Å². The summed E-state index contributed by atoms with van der Waals surface area (Å²) in [5.41, 5.74) is 10.5. The van der Waals surface area contributed by atoms with Crippen molar-refractivity contribution in [2.45, 2.75) is 6.92 Å². The van der Waals surface area contributed by atoms with E-state index < -0.39 is 0 Å². The van der Waals surface area contributed by atoms with Crippen molar-refractivity contribution in [3.05, 3.63) is 71.2 Å². The molecule has 6 nitrogen and oxygen atoms in total. The number of nitrogen functional groups attached to an aromatic ring is 1. The largest absolute Gasteiger partial charge is 0.396 e. The molecular formula is C23H24ClN5O. The van der Waals surface area contributed by atoms with E-state index in [0.29, 0.717) is 29.6 Å². The van der Waals surface area contributed by atoms with Crippen molar-refractivity contribution in [1.82, 2.24) is 9.88 Å². The number of hydrogen-bond donors (Lipinski definition) is 2. The zero-order chi connectivity index (χ0) is 21.1. The summed E-state index contributed by atoms with van der Waals surface area (Å²) in [7, 11) is 0. The van der Waals surface area contributed by atoms with Gasteiger partial charge in [0.2, 0.25) is 0 Å². The zero-order valence-corrected chi connectivity index (χ0v) is 17.6. The molecule has 3 aromatic rings. The summed E-state index contributed by atoms with van der Waals surface area (Å²) in [5.74, 6) is 0.369. The first-order chi connectivity index (χ1) is 14.5. The molecule has 2 aromatic carbocycles. The molecule has 1 aliphatic heterocycles. The molecule has 1 saturated heterocycles. The summed E-state index contributed by atoms with van der Waals surface area (Å²) >= 11 is 5.96. The number of nitrogens with two attached hydrogens (primary N) is 1. The van der Waals surface area contributed by atoms with Gasteiger partial charge in [0.25, 0.3) is 0 Å². The van der Waals surface area contributed by atoms with Gasteiger partial charge in [-0.2, -0.15) is 0 Å². The number of aromatic nitrogens is 1. The maximum atomic E-state index is 12.8. The highest BCUT2D eigenvalue weighted by molar-refractivity contribution is 6.30. The number of aryl methyl sites for hydroxylation is 1. The number of piperazine rings is 1. The molecule has 2 amide bonds. The van der Waals surface area contributed by atoms with E-state index in [2.05, 4.69) is 46.4 Å². The molecule has 2 heterocycles. The van der Waals surface area contributed by atoms with Crippen LogP contribution in [0.1, 0.15) is 5.56 Å². The third kappa shape index (κ3) is 4.49. The van der Waals surface area contributed by atoms with Gasteiger partial charge in [0.15, 0.2) is 5.82 Å². The number of rotatable bonds is 3. The fraction of sp³-hybridized carbons (Fsp3) is 0.217. The Morgan fingerprint density at radius 1 is 1.03 bits per heavy atom. The second-order valence-corrected chi connectivity index (χ2v) is 7.82. The monoisotopic (exact) mass is 421 g/mol. The van der Waals surface area contributed by atoms with Crippen LogP contribution in [0.4, 0.5) is 22.0 Å². The van der Waals surface area contributed by atoms with Gasteiger partial charge in [-0.05, 0) is 48.9 Å². The maximum absolute atomic E-state index is 12.8. The van der Waals surface area contributed by atoms with Crippen molar-refractivity contribution < 1.29 is 4.79 Å². The van der Waals surface area contributed by atoms with E-state index in [1.54, 1.807) is 23.1 Å². The Morgan fingerprint density at radius 3 is 2.47 bits per heavy atom. The number of nitrogens with one attached hydrogen (secondary N) is 1. The summed E-state index contributed by atoms with van der Waals surface area (Å²) in [6.45, 7) is 4.92. The van der Waals surface area contributed by atoms with Crippen LogP contribution in [0.5, 0.6) is 0 Å². The van der Waals surface area contributed by atoms with Gasteiger partial charge in [-0.25, -0.2) is 9.78 Å². The molecular weight excluding hydrogens is 398 g/mol. The van der Waals surface area contributed by atoms with Crippen molar-refractivity contribution in [2.24, 2.45) is 0 Å². The molecule has 0 aliphatic carbocycles. The molecule has 30 heavy (non-hydrogen) atoms. The number of nitrogens with zero attached hydrogens (tertiary/aromatic N) is 3. The molecule has 154 valence electrons. The lowest BCUT2D eigenvalue weighted by molar-refractivity contribution is 0.208. The first kappa shape index (κ1) is 20.0. The molecule has 4 rings (SSSR count). The van der Waals surface area contributed by atoms with Crippen LogP contribution in [-0.4, -0.2) is 42.1 Å². The van der Waals surface area contributed by atoms with Crippen molar-refractivity contribution in [3.8, 4) is 11.3 Å². The third-order valence-electron chi connectivity index (χ3n) is 5.23. The predicted molar refractivity (Wildman–Crippen MR) is 123 cm³/mol. The van der Waals surface area contributed by atoms with Crippen LogP contribution in [0, 0.1) is 6.92 Å². The molecule has 0 unspecified atom stereocenters. The van der Waals surface area contributed by atoms with Gasteiger partial charge in [-0.3, -0.25) is 5.32 Å². The van der Waals surface area contributed by atoms with Crippen LogP contribution < -0.4 is 16.0 Å². The topological polar surface area (TPSA) is 74.5 Å². The smallest absolute Gasteiger partial charge is 0.323 e. The Bertz CT molecular complexity index is 1050. The lowest BCUT2D eigenvalue weighted by Gasteiger charge is -2.36. The van der Waals surface area contributed by atoms with E-state index in [1.807, 2.05) is 18.2 Å². The minimum absolute atomic E-state index is 0.189. The van der Waals surface area contributed by atoms with Gasteiger partial charge in [0, 0.05) is 42.5 Å². The van der Waals surface area contributed by atoms with Crippen molar-refractivity contribution in [2.75, 3.05) is 42.1 Å². The summed E-state index contributed by atoms with van der Waals surface area (Å²) in [4.78, 5) is 21.4. The summed E-state index contributed by atoms with van der Waals surface area (Å²) in [5, 5.41) is 3.53. The fourth-order valence-corrected chi connectivity index (χ4v) is 3.65. The van der Waals surface area contributed by atoms with E-state index in [1.165, 1.54) is 11.3 Å². The van der Waals surface area contributed by atoms with E-state index in [-0.39, 0.29) is 6.03 Å². The lowest BCUT2D eigenvalue weighted by atomic mass is 10.1. The number of hydrogen-bond acceptors (Lipinski definition) is 4. The average Bonchev–Trinajstić information content (AvgIpc) is 2.76. The van der Waals surface area contributed by atoms with Gasteiger partial charge in [-0.1, -0.05) is 35.9 Å². The first-order valence-electron chi connectivity index (χ1n) is 9.89. The second kappa shape index (κ2) is 8.63. The van der Waals surface area contributed by atoms with Crippen LogP contribution in [0.25, 0.3) is 11.3 Å². The number of anilines is 3. The van der Waals surface area contributed by atoms with Crippen LogP contribution >= 0.6 is 11.6 Å². The number of carbonyl (C=O) groups excluding carboxylic acids is 1. The third-order valence-corrected chi connectivity index (χ3v) is 5.48. The molecule has 0 spiro atoms. The number of halogens is 1. The highest BCUT2D eigenvalue weighted by atomic mass is 35.5. The normalized spacial score (nSPS) is 13.9. The SMILES string of the molecule is Cc1cccc(N2CCN(C(=O)Nc3nc(-c4ccc(Cl)cc4)ccc3N)CC2)c1. The zero-order valence-electron chi connectivity index (χ0n) is 16.8. The summed E-state index contributed by atoms with van der Waals surface area (Å²) in [6, 6.07) is 19.2. The van der Waals surface area contributed by atoms with Gasteiger partial charge in [0.1, 0.15) is 0 Å². The van der Waals surface area contributed by atoms with Gasteiger partial charge >= 0.3 is 6.03 Å². The van der Waals surface area contributed by atoms with E-state index in [9.17, 15) is 4.79 Å². The number of benzene rings is 2. The van der Waals surface area contributed by atoms with Gasteiger partial charge in [-0.15, -0.1) is 0 Å². The van der Waals surface area contributed by atoms with Gasteiger partial charge in [0.05, 0.1) is 11.4 Å². The summed E-state index contributed by atoms with van der Waals surface area (Å²) in [6.07, 6.45) is 0. The number of amides is 2. The molecule has 0 saturated carbocycles. The molecule has 1 aromatic heterocycles. The molecule has 3 N–H and O–H groups in total. The Kier molecular flexibility index (Phi) is 5.77. The van der Waals surface area contributed by atoms with Crippen molar-refractivity contribution in [3.63, 3.8) is 0 Å². The minimum Gasteiger partial charge on any atom is -0.396 e. The molecule has 0 atom stereocenters. The quantitative estimate of drug-likeness (QED) is 0.645. The second-order valence-electron chi connectivity index (χ2n) is 7.38. The molecule has 0 radical (unpaired) electrons. The van der Waals surface area contributed by atoms with Crippen LogP contribution in [0.3, 0.4) is 0 Å². The summed E-state index contributed by atoms with van der Waals surface area (Å²) < 4.78 is 0. The highest BCUT2D eigenvalue weighted by Gasteiger charge is 2.22. The standard InChI is InChI=1S/C23H24ClN5O/c1-16-3-2-4-19(15-16)28-11-13-29(14-12-28)23(30)27-22-20(25)9-10-21(26-22)17-5-7-18(24)8-6-17/h2-10,15H,11-14,25H2,1H3,(H,26,27,30). The van der Waals surface area contributed by atoms with Crippen LogP contribution in [0.2, 0.25) is 5.02 Å². The fourth-order valence-electron chi connectivity index (χ4n) is 3.52. The van der Waals surface area contributed by atoms with E-state index >= 15 is 0 Å². The maximum Gasteiger partial charge on any atom is 0.323 e. The highest BCUT2D eigenvalue weighted by Crippen LogP contribution is 2.25. The number of pyridine rings is 1. The lowest BCUT2D eigenvalue weighted by Crippen LogP contribution is -2.50. The predicted octanol–water partition coefficient (Wildman–Crippen LogP) is 4.65. The first-order valence-corrected chi connectivity index (χ1v) is 10.3. The van der Waals surface area contributed by atoms with E-state index in [4.69, 9.17) is 17.3 Å². The van der Waals surface area contributed by atoms with Crippen LogP contribution in [-0.2, 0) is 0 Å². The molecule has 1 aliphatic rings. The Morgan fingerprint density at radius 2 is 1.77 bits per heavy atom. The van der Waals surface area contributed by atoms with E-state index in [0.717, 1.165) is 24.3 Å². The Hall–Kier alpha value is -3.25. The molecule has 1 fully saturated rings. The average molecular weight is 422 g/mol.